The van der Waals surface area contributed by atoms with Crippen LogP contribution in [-0.2, 0) is 4.79 Å². The first-order valence-corrected chi connectivity index (χ1v) is 10.2. The van der Waals surface area contributed by atoms with Crippen LogP contribution in [0.3, 0.4) is 0 Å². The van der Waals surface area contributed by atoms with Crippen molar-refractivity contribution in [2.24, 2.45) is 5.41 Å². The fourth-order valence-electron chi connectivity index (χ4n) is 4.37. The fraction of sp³-hybridized carbons (Fsp3) is 0.348. The average molecular weight is 442 g/mol. The van der Waals surface area contributed by atoms with Crippen molar-refractivity contribution in [3.8, 4) is 11.5 Å². The molecule has 2 aromatic rings. The third-order valence-corrected chi connectivity index (χ3v) is 6.09. The maximum atomic E-state index is 13.3. The summed E-state index contributed by atoms with van der Waals surface area (Å²) in [7, 11) is 3.30. The number of fused-ring (bicyclic) bond motifs is 1. The predicted molar refractivity (Wildman–Crippen MR) is 114 cm³/mol. The van der Waals surface area contributed by atoms with Crippen molar-refractivity contribution in [1.82, 2.24) is 0 Å². The minimum atomic E-state index is -0.163. The Morgan fingerprint density at radius 3 is 2.43 bits per heavy atom. The predicted octanol–water partition coefficient (Wildman–Crippen LogP) is 5.67. The molecule has 5 heteroatoms. The summed E-state index contributed by atoms with van der Waals surface area (Å²) >= 11 is 3.51. The van der Waals surface area contributed by atoms with Crippen molar-refractivity contribution in [3.63, 3.8) is 0 Å². The summed E-state index contributed by atoms with van der Waals surface area (Å²) in [5.41, 5.74) is 4.81. The summed E-state index contributed by atoms with van der Waals surface area (Å²) in [5, 5.41) is 3.54. The van der Waals surface area contributed by atoms with E-state index in [1.165, 1.54) is 0 Å². The molecule has 1 heterocycles. The molecule has 0 amide bonds. The number of halogens is 1. The molecule has 1 aliphatic heterocycles. The highest BCUT2D eigenvalue weighted by atomic mass is 79.9. The van der Waals surface area contributed by atoms with E-state index in [-0.39, 0.29) is 17.1 Å². The molecular formula is C23H24BrNO3. The molecule has 1 N–H and O–H groups in total. The number of ether oxygens (including phenoxy) is 2. The first kappa shape index (κ1) is 19.1. The molecule has 28 heavy (non-hydrogen) atoms. The van der Waals surface area contributed by atoms with Gasteiger partial charge in [0.15, 0.2) is 5.78 Å². The Hall–Kier alpha value is -2.27. The van der Waals surface area contributed by atoms with Crippen LogP contribution >= 0.6 is 15.9 Å². The zero-order valence-corrected chi connectivity index (χ0v) is 18.1. The summed E-state index contributed by atoms with van der Waals surface area (Å²) < 4.78 is 12.2. The van der Waals surface area contributed by atoms with Gasteiger partial charge >= 0.3 is 0 Å². The van der Waals surface area contributed by atoms with Crippen LogP contribution in [0.2, 0.25) is 0 Å². The normalized spacial score (nSPS) is 20.2. The van der Waals surface area contributed by atoms with E-state index in [1.807, 2.05) is 24.3 Å². The van der Waals surface area contributed by atoms with Gasteiger partial charge in [0.05, 0.1) is 14.2 Å². The number of benzene rings is 2. The second-order valence-electron chi connectivity index (χ2n) is 8.23. The van der Waals surface area contributed by atoms with Gasteiger partial charge in [0, 0.05) is 51.5 Å². The van der Waals surface area contributed by atoms with E-state index in [2.05, 4.69) is 47.2 Å². The monoisotopic (exact) mass is 441 g/mol. The van der Waals surface area contributed by atoms with Gasteiger partial charge in [0.2, 0.25) is 0 Å². The largest absolute Gasteiger partial charge is 0.497 e. The molecule has 0 spiro atoms. The molecule has 1 atom stereocenters. The number of carbonyl (C=O) groups is 1. The second kappa shape index (κ2) is 6.96. The second-order valence-corrected chi connectivity index (χ2v) is 9.15. The number of ketones is 1. The Morgan fingerprint density at radius 1 is 1.07 bits per heavy atom. The third-order valence-electron chi connectivity index (χ3n) is 5.56. The summed E-state index contributed by atoms with van der Waals surface area (Å²) in [5.74, 6) is 1.49. The van der Waals surface area contributed by atoms with Crippen molar-refractivity contribution >= 4 is 27.4 Å². The lowest BCUT2D eigenvalue weighted by atomic mass is 9.68. The quantitative estimate of drug-likeness (QED) is 0.666. The van der Waals surface area contributed by atoms with Crippen molar-refractivity contribution in [2.45, 2.75) is 32.6 Å². The van der Waals surface area contributed by atoms with Gasteiger partial charge in [-0.3, -0.25) is 4.79 Å². The minimum absolute atomic E-state index is 0.0619. The lowest BCUT2D eigenvalue weighted by Crippen LogP contribution is -2.34. The van der Waals surface area contributed by atoms with Crippen molar-refractivity contribution in [3.05, 3.63) is 63.3 Å². The number of allylic oxidation sites excluding steroid dienone is 2. The summed E-state index contributed by atoms with van der Waals surface area (Å²) in [6.45, 7) is 4.29. The number of Topliss-reactive ketones (excluding diaryl/α,β-unsaturated/α-hetero) is 1. The zero-order valence-electron chi connectivity index (χ0n) is 16.6. The fourth-order valence-corrected chi connectivity index (χ4v) is 4.63. The minimum Gasteiger partial charge on any atom is -0.497 e. The molecule has 0 fully saturated rings. The zero-order chi connectivity index (χ0) is 20.1. The molecule has 1 aliphatic carbocycles. The van der Waals surface area contributed by atoms with Crippen LogP contribution < -0.4 is 14.8 Å². The molecule has 0 radical (unpaired) electrons. The maximum Gasteiger partial charge on any atom is 0.162 e. The van der Waals surface area contributed by atoms with Gasteiger partial charge in [-0.05, 0) is 29.5 Å². The lowest BCUT2D eigenvalue weighted by molar-refractivity contribution is -0.118. The molecule has 0 saturated carbocycles. The SMILES string of the molecule is COc1cc2c(c(OC)c1)[C@H](c1ccc(Br)cc1)C1=C(CC(C)(C)CC1=O)N2. The number of rotatable bonds is 3. The van der Waals surface area contributed by atoms with Crippen LogP contribution in [0.5, 0.6) is 11.5 Å². The molecule has 2 aromatic carbocycles. The molecular weight excluding hydrogens is 418 g/mol. The van der Waals surface area contributed by atoms with Crippen LogP contribution in [-0.4, -0.2) is 20.0 Å². The van der Waals surface area contributed by atoms with Crippen molar-refractivity contribution in [1.29, 1.82) is 0 Å². The van der Waals surface area contributed by atoms with Crippen LogP contribution in [0.15, 0.2) is 52.1 Å². The van der Waals surface area contributed by atoms with Crippen LogP contribution in [0.1, 0.15) is 43.7 Å². The highest BCUT2D eigenvalue weighted by Crippen LogP contribution is 2.52. The smallest absolute Gasteiger partial charge is 0.162 e. The standard InChI is InChI=1S/C23H24BrNO3/c1-23(2)11-17-21(18(26)12-23)20(13-5-7-14(24)8-6-13)22-16(25-17)9-15(27-3)10-19(22)28-4/h5-10,20,25H,11-12H2,1-4H3/t20-/m1/s1. The molecule has 0 aromatic heterocycles. The lowest BCUT2D eigenvalue weighted by Gasteiger charge is -2.40. The molecule has 0 unspecified atom stereocenters. The molecule has 0 bridgehead atoms. The van der Waals surface area contributed by atoms with Gasteiger partial charge < -0.3 is 14.8 Å². The number of hydrogen-bond acceptors (Lipinski definition) is 4. The number of methoxy groups -OCH3 is 2. The van der Waals surface area contributed by atoms with Crippen LogP contribution in [0.25, 0.3) is 0 Å². The first-order chi connectivity index (χ1) is 13.3. The Labute approximate surface area is 174 Å². The van der Waals surface area contributed by atoms with Gasteiger partial charge in [-0.1, -0.05) is 41.9 Å². The molecule has 0 saturated heterocycles. The highest BCUT2D eigenvalue weighted by Gasteiger charge is 2.42. The van der Waals surface area contributed by atoms with E-state index in [1.54, 1.807) is 14.2 Å². The Morgan fingerprint density at radius 2 is 1.79 bits per heavy atom. The van der Waals surface area contributed by atoms with Crippen molar-refractivity contribution < 1.29 is 14.3 Å². The van der Waals surface area contributed by atoms with Crippen LogP contribution in [0.4, 0.5) is 5.69 Å². The van der Waals surface area contributed by atoms with E-state index in [0.717, 1.165) is 50.5 Å². The van der Waals surface area contributed by atoms with E-state index in [0.29, 0.717) is 6.42 Å². The topological polar surface area (TPSA) is 47.6 Å². The van der Waals surface area contributed by atoms with Crippen LogP contribution in [0, 0.1) is 5.41 Å². The number of carbonyl (C=O) groups excluding carboxylic acids is 1. The maximum absolute atomic E-state index is 13.3. The first-order valence-electron chi connectivity index (χ1n) is 9.37. The summed E-state index contributed by atoms with van der Waals surface area (Å²) in [6.07, 6.45) is 1.38. The van der Waals surface area contributed by atoms with Crippen molar-refractivity contribution in [2.75, 3.05) is 19.5 Å². The Bertz CT molecular complexity index is 976. The number of anilines is 1. The molecule has 4 nitrogen and oxygen atoms in total. The van der Waals surface area contributed by atoms with E-state index in [9.17, 15) is 4.79 Å². The molecule has 146 valence electrons. The molecule has 4 rings (SSSR count). The van der Waals surface area contributed by atoms with Gasteiger partial charge in [-0.15, -0.1) is 0 Å². The molecule has 2 aliphatic rings. The average Bonchev–Trinajstić information content (AvgIpc) is 2.65. The Balaban J connectivity index is 1.98. The van der Waals surface area contributed by atoms with Gasteiger partial charge in [-0.25, -0.2) is 0 Å². The Kier molecular flexibility index (Phi) is 4.74. The number of hydrogen-bond donors (Lipinski definition) is 1. The van der Waals surface area contributed by atoms with Gasteiger partial charge in [-0.2, -0.15) is 0 Å². The van der Waals surface area contributed by atoms with E-state index < -0.39 is 0 Å². The number of nitrogens with one attached hydrogen (secondary N) is 1. The van der Waals surface area contributed by atoms with E-state index in [4.69, 9.17) is 9.47 Å². The highest BCUT2D eigenvalue weighted by molar-refractivity contribution is 9.10. The summed E-state index contributed by atoms with van der Waals surface area (Å²) in [4.78, 5) is 13.3. The summed E-state index contributed by atoms with van der Waals surface area (Å²) in [6, 6.07) is 12.1. The van der Waals surface area contributed by atoms with E-state index >= 15 is 0 Å². The van der Waals surface area contributed by atoms with Gasteiger partial charge in [0.25, 0.3) is 0 Å². The third kappa shape index (κ3) is 3.22. The van der Waals surface area contributed by atoms with Gasteiger partial charge in [0.1, 0.15) is 11.5 Å².